The molecule has 0 aliphatic heterocycles. The lowest BCUT2D eigenvalue weighted by Gasteiger charge is -2.53. The molecular weight excluding hydrogens is 151 g/mol. The van der Waals surface area contributed by atoms with Gasteiger partial charge < -0.3 is 0 Å². The van der Waals surface area contributed by atoms with E-state index >= 15 is 0 Å². The Kier molecular flexibility index (Phi) is 1.39. The number of rotatable bonds is 0. The minimum atomic E-state index is 0.919. The minimum Gasteiger partial charge on any atom is -0.134 e. The summed E-state index contributed by atoms with van der Waals surface area (Å²) in [6.07, 6.45) is 7.64. The SMILES string of the molecule is PC1[C]2CC3CC(C2)CC1C3. The molecule has 0 aromatic heterocycles. The summed E-state index contributed by atoms with van der Waals surface area (Å²) in [5.41, 5.74) is 0.919. The minimum absolute atomic E-state index is 0.919. The van der Waals surface area contributed by atoms with Crippen LogP contribution in [-0.4, -0.2) is 5.66 Å². The molecule has 4 rings (SSSR count). The molecule has 0 spiro atoms. The molecule has 0 nitrogen and oxygen atoms in total. The average molecular weight is 167 g/mol. The third-order valence-electron chi connectivity index (χ3n) is 4.02. The van der Waals surface area contributed by atoms with Crippen LogP contribution < -0.4 is 0 Å². The van der Waals surface area contributed by atoms with Gasteiger partial charge in [0.15, 0.2) is 0 Å². The molecule has 61 valence electrons. The second-order valence-corrected chi connectivity index (χ2v) is 5.51. The summed E-state index contributed by atoms with van der Waals surface area (Å²) in [7, 11) is 3.08. The van der Waals surface area contributed by atoms with Gasteiger partial charge in [-0.15, -0.1) is 9.24 Å². The Morgan fingerprint density at radius 1 is 1.00 bits per heavy atom. The van der Waals surface area contributed by atoms with Gasteiger partial charge in [0.2, 0.25) is 0 Å². The van der Waals surface area contributed by atoms with Gasteiger partial charge in [-0.1, -0.05) is 0 Å². The summed E-state index contributed by atoms with van der Waals surface area (Å²) in [5.74, 6) is 5.19. The maximum absolute atomic E-state index is 3.08. The summed E-state index contributed by atoms with van der Waals surface area (Å²) < 4.78 is 0. The van der Waals surface area contributed by atoms with Crippen molar-refractivity contribution in [2.45, 2.75) is 37.8 Å². The molecule has 1 radical (unpaired) electrons. The fourth-order valence-electron chi connectivity index (χ4n) is 3.67. The van der Waals surface area contributed by atoms with Crippen molar-refractivity contribution in [1.82, 2.24) is 0 Å². The van der Waals surface area contributed by atoms with Crippen LogP contribution in [0.25, 0.3) is 0 Å². The van der Waals surface area contributed by atoms with Crippen molar-refractivity contribution in [2.24, 2.45) is 17.8 Å². The Balaban J connectivity index is 1.91. The average Bonchev–Trinajstić information content (AvgIpc) is 1.98. The lowest BCUT2D eigenvalue weighted by Crippen LogP contribution is -2.44. The van der Waals surface area contributed by atoms with Crippen LogP contribution in [0.2, 0.25) is 0 Å². The summed E-state index contributed by atoms with van der Waals surface area (Å²) in [5, 5.41) is 0. The smallest absolute Gasteiger partial charge is 0.0164 e. The molecule has 0 aromatic carbocycles. The molecular formula is C10H16P. The van der Waals surface area contributed by atoms with E-state index in [1.807, 2.05) is 5.92 Å². The summed E-state index contributed by atoms with van der Waals surface area (Å²) >= 11 is 0. The van der Waals surface area contributed by atoms with E-state index in [-0.39, 0.29) is 0 Å². The zero-order valence-corrected chi connectivity index (χ0v) is 8.08. The van der Waals surface area contributed by atoms with Crippen LogP contribution in [0.4, 0.5) is 0 Å². The molecule has 11 heavy (non-hydrogen) atoms. The molecule has 4 unspecified atom stereocenters. The second kappa shape index (κ2) is 2.22. The fourth-order valence-corrected chi connectivity index (χ4v) is 4.26. The molecule has 4 saturated carbocycles. The van der Waals surface area contributed by atoms with Crippen molar-refractivity contribution in [3.8, 4) is 0 Å². The summed E-state index contributed by atoms with van der Waals surface area (Å²) in [4.78, 5) is 0. The highest BCUT2D eigenvalue weighted by Crippen LogP contribution is 2.56. The van der Waals surface area contributed by atoms with Gasteiger partial charge in [0, 0.05) is 0 Å². The maximum atomic E-state index is 3.08. The Labute approximate surface area is 71.3 Å². The van der Waals surface area contributed by atoms with Gasteiger partial charge in [-0.25, -0.2) is 0 Å². The van der Waals surface area contributed by atoms with Crippen molar-refractivity contribution in [3.05, 3.63) is 5.92 Å². The van der Waals surface area contributed by atoms with Crippen LogP contribution in [0.5, 0.6) is 0 Å². The molecule has 0 heterocycles. The van der Waals surface area contributed by atoms with E-state index in [1.54, 1.807) is 19.3 Å². The first-order valence-electron chi connectivity index (χ1n) is 4.93. The Morgan fingerprint density at radius 3 is 2.18 bits per heavy atom. The normalized spacial score (nSPS) is 55.4. The van der Waals surface area contributed by atoms with Crippen molar-refractivity contribution in [1.29, 1.82) is 0 Å². The predicted molar refractivity (Wildman–Crippen MR) is 50.3 cm³/mol. The molecule has 1 heteroatoms. The number of hydrogen-bond donors (Lipinski definition) is 0. The fraction of sp³-hybridized carbons (Fsp3) is 0.900. The van der Waals surface area contributed by atoms with Gasteiger partial charge in [-0.2, -0.15) is 0 Å². The lowest BCUT2D eigenvalue weighted by molar-refractivity contribution is 0.0973. The van der Waals surface area contributed by atoms with Gasteiger partial charge in [0.1, 0.15) is 0 Å². The molecule has 0 saturated heterocycles. The van der Waals surface area contributed by atoms with Gasteiger partial charge in [0.05, 0.1) is 0 Å². The molecule has 0 aromatic rings. The highest BCUT2D eigenvalue weighted by Gasteiger charge is 2.46. The van der Waals surface area contributed by atoms with E-state index in [0.717, 1.165) is 23.4 Å². The lowest BCUT2D eigenvalue weighted by atomic mass is 9.56. The van der Waals surface area contributed by atoms with Gasteiger partial charge in [-0.3, -0.25) is 0 Å². The van der Waals surface area contributed by atoms with Crippen LogP contribution in [0.15, 0.2) is 0 Å². The van der Waals surface area contributed by atoms with Crippen LogP contribution in [0.1, 0.15) is 32.1 Å². The highest BCUT2D eigenvalue weighted by atomic mass is 31.0. The zero-order valence-electron chi connectivity index (χ0n) is 6.92. The first-order chi connectivity index (χ1) is 5.33. The van der Waals surface area contributed by atoms with E-state index in [4.69, 9.17) is 0 Å². The Hall–Kier alpha value is 0.430. The van der Waals surface area contributed by atoms with Crippen LogP contribution >= 0.6 is 9.24 Å². The molecule has 4 aliphatic rings. The van der Waals surface area contributed by atoms with E-state index in [2.05, 4.69) is 9.24 Å². The first-order valence-corrected chi connectivity index (χ1v) is 5.60. The van der Waals surface area contributed by atoms with E-state index in [1.165, 1.54) is 12.8 Å². The van der Waals surface area contributed by atoms with Crippen molar-refractivity contribution >= 4 is 9.24 Å². The topological polar surface area (TPSA) is 0 Å². The van der Waals surface area contributed by atoms with Gasteiger partial charge in [-0.05, 0) is 61.4 Å². The molecule has 4 atom stereocenters. The molecule has 0 N–H and O–H groups in total. The molecule has 4 fully saturated rings. The second-order valence-electron chi connectivity index (χ2n) is 4.79. The quantitative estimate of drug-likeness (QED) is 0.486. The predicted octanol–water partition coefficient (Wildman–Crippen LogP) is 2.64. The first kappa shape index (κ1) is 6.89. The highest BCUT2D eigenvalue weighted by molar-refractivity contribution is 7.18. The molecule has 4 bridgehead atoms. The van der Waals surface area contributed by atoms with E-state index in [9.17, 15) is 0 Å². The summed E-state index contributed by atoms with van der Waals surface area (Å²) in [6, 6.07) is 0. The number of hydrogen-bond acceptors (Lipinski definition) is 0. The zero-order chi connectivity index (χ0) is 7.42. The van der Waals surface area contributed by atoms with Crippen LogP contribution in [0, 0.1) is 23.7 Å². The Bertz CT molecular complexity index is 148. The molecule has 4 aliphatic carbocycles. The van der Waals surface area contributed by atoms with Crippen molar-refractivity contribution < 1.29 is 0 Å². The molecule has 0 amide bonds. The summed E-state index contributed by atoms with van der Waals surface area (Å²) in [6.45, 7) is 0. The van der Waals surface area contributed by atoms with Crippen LogP contribution in [0.3, 0.4) is 0 Å². The van der Waals surface area contributed by atoms with E-state index < -0.39 is 0 Å². The largest absolute Gasteiger partial charge is 0.134 e. The van der Waals surface area contributed by atoms with Crippen molar-refractivity contribution in [3.63, 3.8) is 0 Å². The Morgan fingerprint density at radius 2 is 1.64 bits per heavy atom. The monoisotopic (exact) mass is 167 g/mol. The van der Waals surface area contributed by atoms with E-state index in [0.29, 0.717) is 0 Å². The van der Waals surface area contributed by atoms with Crippen molar-refractivity contribution in [2.75, 3.05) is 0 Å². The van der Waals surface area contributed by atoms with Gasteiger partial charge in [0.25, 0.3) is 0 Å². The standard InChI is InChI=1S/C10H16P/c11-10-8-2-6-1-7(4-8)5-9(10)3-6/h6-8,10H,1-5,11H2. The van der Waals surface area contributed by atoms with Gasteiger partial charge >= 0.3 is 0 Å². The maximum Gasteiger partial charge on any atom is -0.0164 e. The third kappa shape index (κ3) is 0.917. The third-order valence-corrected chi connectivity index (χ3v) is 5.04. The van der Waals surface area contributed by atoms with Crippen LogP contribution in [-0.2, 0) is 0 Å².